The van der Waals surface area contributed by atoms with Crippen LogP contribution in [0.25, 0.3) is 0 Å². The van der Waals surface area contributed by atoms with Crippen molar-refractivity contribution in [1.29, 1.82) is 5.26 Å². The second kappa shape index (κ2) is 7.90. The zero-order chi connectivity index (χ0) is 18.4. The molecular weight excluding hydrogens is 328 g/mol. The first-order valence-corrected chi connectivity index (χ1v) is 8.05. The van der Waals surface area contributed by atoms with E-state index in [1.54, 1.807) is 0 Å². The molecule has 128 valence electrons. The summed E-state index contributed by atoms with van der Waals surface area (Å²) in [5, 5.41) is 20.9. The molecule has 1 heterocycles. The fourth-order valence-electron chi connectivity index (χ4n) is 2.76. The molecule has 0 bridgehead atoms. The number of hydrogen-bond donors (Lipinski definition) is 0. The van der Waals surface area contributed by atoms with Crippen LogP contribution in [0.2, 0.25) is 0 Å². The van der Waals surface area contributed by atoms with Crippen molar-refractivity contribution in [2.24, 2.45) is 0 Å². The van der Waals surface area contributed by atoms with Gasteiger partial charge in [-0.05, 0) is 17.2 Å². The normalized spacial score (nSPS) is 10.1. The van der Waals surface area contributed by atoms with Crippen LogP contribution in [0.4, 0.5) is 11.5 Å². The van der Waals surface area contributed by atoms with E-state index in [1.807, 2.05) is 71.6 Å². The van der Waals surface area contributed by atoms with E-state index in [-0.39, 0.29) is 17.1 Å². The fraction of sp³-hybridized carbons (Fsp3) is 0.100. The van der Waals surface area contributed by atoms with Crippen LogP contribution in [-0.2, 0) is 13.1 Å². The van der Waals surface area contributed by atoms with Crippen molar-refractivity contribution in [3.05, 3.63) is 99.7 Å². The van der Waals surface area contributed by atoms with E-state index >= 15 is 0 Å². The molecule has 1 aromatic heterocycles. The van der Waals surface area contributed by atoms with Gasteiger partial charge in [0.15, 0.2) is 0 Å². The van der Waals surface area contributed by atoms with Gasteiger partial charge in [0, 0.05) is 19.3 Å². The minimum Gasteiger partial charge on any atom is -0.342 e. The third kappa shape index (κ3) is 3.84. The van der Waals surface area contributed by atoms with Crippen molar-refractivity contribution in [3.8, 4) is 6.07 Å². The Morgan fingerprint density at radius 3 is 1.96 bits per heavy atom. The van der Waals surface area contributed by atoms with E-state index in [0.717, 1.165) is 11.1 Å². The quantitative estimate of drug-likeness (QED) is 0.497. The van der Waals surface area contributed by atoms with Gasteiger partial charge < -0.3 is 4.90 Å². The number of anilines is 1. The van der Waals surface area contributed by atoms with Crippen molar-refractivity contribution in [2.75, 3.05) is 4.90 Å². The molecule has 0 atom stereocenters. The molecule has 26 heavy (non-hydrogen) atoms. The Hall–Kier alpha value is -3.72. The Morgan fingerprint density at radius 2 is 1.50 bits per heavy atom. The molecule has 0 saturated heterocycles. The molecule has 3 aromatic rings. The van der Waals surface area contributed by atoms with Gasteiger partial charge in [-0.25, -0.2) is 4.98 Å². The highest BCUT2D eigenvalue weighted by atomic mass is 16.6. The van der Waals surface area contributed by atoms with E-state index in [0.29, 0.717) is 13.1 Å². The summed E-state index contributed by atoms with van der Waals surface area (Å²) in [5.41, 5.74) is 1.75. The molecule has 0 aliphatic heterocycles. The Labute approximate surface area is 151 Å². The number of aromatic nitrogens is 1. The number of pyridine rings is 1. The van der Waals surface area contributed by atoms with E-state index in [9.17, 15) is 15.4 Å². The highest BCUT2D eigenvalue weighted by molar-refractivity contribution is 5.65. The summed E-state index contributed by atoms with van der Waals surface area (Å²) in [4.78, 5) is 17.1. The molecular formula is C20H16N4O2. The van der Waals surface area contributed by atoms with Crippen LogP contribution in [0.1, 0.15) is 16.7 Å². The monoisotopic (exact) mass is 344 g/mol. The molecule has 0 fully saturated rings. The maximum atomic E-state index is 11.6. The Morgan fingerprint density at radius 1 is 0.962 bits per heavy atom. The second-order valence-electron chi connectivity index (χ2n) is 5.73. The van der Waals surface area contributed by atoms with Crippen LogP contribution in [0.3, 0.4) is 0 Å². The minimum absolute atomic E-state index is 0.00567. The summed E-state index contributed by atoms with van der Waals surface area (Å²) in [7, 11) is 0. The lowest BCUT2D eigenvalue weighted by molar-refractivity contribution is -0.384. The van der Waals surface area contributed by atoms with E-state index in [1.165, 1.54) is 12.3 Å². The SMILES string of the molecule is N#Cc1ccnc(N(Cc2ccccc2)Cc2ccccc2)c1[N+](=O)[O-]. The van der Waals surface area contributed by atoms with Crippen molar-refractivity contribution in [1.82, 2.24) is 4.98 Å². The molecule has 0 saturated carbocycles. The molecule has 6 nitrogen and oxygen atoms in total. The van der Waals surface area contributed by atoms with Crippen molar-refractivity contribution in [2.45, 2.75) is 13.1 Å². The Bertz CT molecular complexity index is 896. The molecule has 0 aliphatic rings. The van der Waals surface area contributed by atoms with Gasteiger partial charge in [-0.15, -0.1) is 0 Å². The second-order valence-corrected chi connectivity index (χ2v) is 5.73. The minimum atomic E-state index is -0.538. The number of nitriles is 1. The summed E-state index contributed by atoms with van der Waals surface area (Å²) in [5.74, 6) is 0.196. The average molecular weight is 344 g/mol. The fourth-order valence-corrected chi connectivity index (χ4v) is 2.76. The lowest BCUT2D eigenvalue weighted by Gasteiger charge is -2.24. The highest BCUT2D eigenvalue weighted by Crippen LogP contribution is 2.31. The average Bonchev–Trinajstić information content (AvgIpc) is 2.68. The number of nitro groups is 1. The third-order valence-electron chi connectivity index (χ3n) is 3.94. The standard InChI is InChI=1S/C20H16N4O2/c21-13-18-11-12-22-20(19(18)24(25)26)23(14-16-7-3-1-4-8-16)15-17-9-5-2-6-10-17/h1-12H,14-15H2. The van der Waals surface area contributed by atoms with Crippen LogP contribution in [0, 0.1) is 21.4 Å². The largest absolute Gasteiger partial charge is 0.342 e. The summed E-state index contributed by atoms with van der Waals surface area (Å²) in [6.07, 6.45) is 1.43. The molecule has 6 heteroatoms. The van der Waals surface area contributed by atoms with Gasteiger partial charge in [0.1, 0.15) is 11.6 Å². The van der Waals surface area contributed by atoms with Crippen LogP contribution >= 0.6 is 0 Å². The van der Waals surface area contributed by atoms with Gasteiger partial charge >= 0.3 is 5.69 Å². The van der Waals surface area contributed by atoms with E-state index < -0.39 is 4.92 Å². The number of benzene rings is 2. The summed E-state index contributed by atoms with van der Waals surface area (Å²) >= 11 is 0. The van der Waals surface area contributed by atoms with Gasteiger partial charge in [-0.1, -0.05) is 60.7 Å². The number of nitrogens with zero attached hydrogens (tertiary/aromatic N) is 4. The highest BCUT2D eigenvalue weighted by Gasteiger charge is 2.26. The summed E-state index contributed by atoms with van der Waals surface area (Å²) in [6.45, 7) is 0.886. The maximum absolute atomic E-state index is 11.6. The lowest BCUT2D eigenvalue weighted by Crippen LogP contribution is -2.24. The number of rotatable bonds is 6. The first kappa shape index (κ1) is 17.1. The molecule has 3 rings (SSSR count). The molecule has 0 spiro atoms. The first-order chi connectivity index (χ1) is 12.7. The van der Waals surface area contributed by atoms with Crippen molar-refractivity contribution in [3.63, 3.8) is 0 Å². The smallest absolute Gasteiger partial charge is 0.329 e. The van der Waals surface area contributed by atoms with Gasteiger partial charge in [0.05, 0.1) is 4.92 Å². The van der Waals surface area contributed by atoms with Gasteiger partial charge in [-0.2, -0.15) is 5.26 Å². The molecule has 0 aliphatic carbocycles. The van der Waals surface area contributed by atoms with Gasteiger partial charge in [0.25, 0.3) is 0 Å². The van der Waals surface area contributed by atoms with Gasteiger partial charge in [-0.3, -0.25) is 10.1 Å². The zero-order valence-corrected chi connectivity index (χ0v) is 13.9. The number of hydrogen-bond acceptors (Lipinski definition) is 5. The molecule has 0 N–H and O–H groups in total. The van der Waals surface area contributed by atoms with Gasteiger partial charge in [0.2, 0.25) is 5.82 Å². The Kier molecular flexibility index (Phi) is 5.20. The van der Waals surface area contributed by atoms with Crippen molar-refractivity contribution < 1.29 is 4.92 Å². The van der Waals surface area contributed by atoms with Crippen LogP contribution in [-0.4, -0.2) is 9.91 Å². The molecule has 0 radical (unpaired) electrons. The lowest BCUT2D eigenvalue weighted by atomic mass is 10.1. The van der Waals surface area contributed by atoms with Crippen LogP contribution in [0.15, 0.2) is 72.9 Å². The van der Waals surface area contributed by atoms with Crippen LogP contribution in [0.5, 0.6) is 0 Å². The molecule has 0 amide bonds. The summed E-state index contributed by atoms with van der Waals surface area (Å²) < 4.78 is 0. The topological polar surface area (TPSA) is 83.1 Å². The maximum Gasteiger partial charge on any atom is 0.329 e. The van der Waals surface area contributed by atoms with Crippen LogP contribution < -0.4 is 4.90 Å². The third-order valence-corrected chi connectivity index (χ3v) is 3.94. The first-order valence-electron chi connectivity index (χ1n) is 8.05. The van der Waals surface area contributed by atoms with E-state index in [2.05, 4.69) is 4.98 Å². The molecule has 2 aromatic carbocycles. The van der Waals surface area contributed by atoms with E-state index in [4.69, 9.17) is 0 Å². The Balaban J connectivity index is 2.06. The zero-order valence-electron chi connectivity index (χ0n) is 13.9. The molecule has 0 unspecified atom stereocenters. The summed E-state index contributed by atoms with van der Waals surface area (Å²) in [6, 6.07) is 22.6. The predicted octanol–water partition coefficient (Wildman–Crippen LogP) is 4.07. The predicted molar refractivity (Wildman–Crippen MR) is 98.4 cm³/mol. The van der Waals surface area contributed by atoms with Crippen molar-refractivity contribution >= 4 is 11.5 Å².